The number of rotatable bonds is 7. The lowest BCUT2D eigenvalue weighted by Crippen LogP contribution is -2.43. The number of nitrogens with one attached hydrogen (secondary N) is 1. The maximum atomic E-state index is 11.8. The minimum Gasteiger partial charge on any atom is -0.478 e. The molecule has 2 atom stereocenters. The molecule has 1 saturated heterocycles. The summed E-state index contributed by atoms with van der Waals surface area (Å²) >= 11 is 0. The topological polar surface area (TPSA) is 78.9 Å². The largest absolute Gasteiger partial charge is 0.478 e. The van der Waals surface area contributed by atoms with Crippen LogP contribution in [-0.4, -0.2) is 54.7 Å². The average molecular weight is 334 g/mol. The fraction of sp³-hybridized carbons (Fsp3) is 0.556. The summed E-state index contributed by atoms with van der Waals surface area (Å²) in [7, 11) is 1.52. The first-order valence-corrected chi connectivity index (χ1v) is 8.23. The number of amides is 1. The number of likely N-dealkylation sites (tertiary alicyclic amines) is 1. The Morgan fingerprint density at radius 2 is 1.96 bits per heavy atom. The van der Waals surface area contributed by atoms with Gasteiger partial charge in [0, 0.05) is 32.8 Å². The molecular formula is C18H26N2O4. The van der Waals surface area contributed by atoms with Gasteiger partial charge >= 0.3 is 5.97 Å². The van der Waals surface area contributed by atoms with Gasteiger partial charge in [0.2, 0.25) is 5.91 Å². The maximum absolute atomic E-state index is 11.8. The summed E-state index contributed by atoms with van der Waals surface area (Å²) in [6.45, 7) is 6.88. The lowest BCUT2D eigenvalue weighted by Gasteiger charge is -2.22. The van der Waals surface area contributed by atoms with Crippen LogP contribution < -0.4 is 5.32 Å². The van der Waals surface area contributed by atoms with Gasteiger partial charge in [-0.2, -0.15) is 0 Å². The predicted molar refractivity (Wildman–Crippen MR) is 90.8 cm³/mol. The lowest BCUT2D eigenvalue weighted by atomic mass is 9.91. The first-order chi connectivity index (χ1) is 11.4. The predicted octanol–water partition coefficient (Wildman–Crippen LogP) is 1.60. The van der Waals surface area contributed by atoms with Gasteiger partial charge in [0.05, 0.1) is 5.56 Å². The molecule has 0 saturated carbocycles. The molecule has 0 spiro atoms. The first-order valence-electron chi connectivity index (χ1n) is 8.23. The number of nitrogens with zero attached hydrogens (tertiary/aromatic N) is 1. The maximum Gasteiger partial charge on any atom is 0.335 e. The molecule has 1 aromatic carbocycles. The number of carbonyl (C=O) groups is 2. The van der Waals surface area contributed by atoms with Crippen LogP contribution in [0.2, 0.25) is 0 Å². The molecule has 0 unspecified atom stereocenters. The summed E-state index contributed by atoms with van der Waals surface area (Å²) in [5.74, 6) is -0.134. The molecule has 6 nitrogen and oxygen atoms in total. The number of benzene rings is 1. The molecular weight excluding hydrogens is 308 g/mol. The number of hydrogen-bond acceptors (Lipinski definition) is 4. The Labute approximate surface area is 142 Å². The van der Waals surface area contributed by atoms with E-state index in [1.54, 1.807) is 12.1 Å². The van der Waals surface area contributed by atoms with E-state index in [4.69, 9.17) is 9.84 Å². The fourth-order valence-electron chi connectivity index (χ4n) is 3.26. The number of ether oxygens (including phenoxy) is 1. The molecule has 0 aliphatic carbocycles. The highest BCUT2D eigenvalue weighted by Crippen LogP contribution is 2.26. The zero-order valence-corrected chi connectivity index (χ0v) is 14.5. The minimum atomic E-state index is -0.913. The molecule has 6 heteroatoms. The van der Waals surface area contributed by atoms with Gasteiger partial charge < -0.3 is 15.2 Å². The highest BCUT2D eigenvalue weighted by atomic mass is 16.5. The quantitative estimate of drug-likeness (QED) is 0.792. The monoisotopic (exact) mass is 334 g/mol. The van der Waals surface area contributed by atoms with Crippen molar-refractivity contribution in [2.75, 3.05) is 26.8 Å². The van der Waals surface area contributed by atoms with Crippen LogP contribution in [0.15, 0.2) is 24.3 Å². The number of carbonyl (C=O) groups excluding carboxylic acids is 1. The number of hydrogen-bond donors (Lipinski definition) is 2. The van der Waals surface area contributed by atoms with E-state index in [9.17, 15) is 9.59 Å². The van der Waals surface area contributed by atoms with Crippen LogP contribution in [0.1, 0.15) is 29.8 Å². The van der Waals surface area contributed by atoms with Crippen molar-refractivity contribution in [1.29, 1.82) is 0 Å². The first kappa shape index (κ1) is 18.4. The number of aromatic carboxylic acids is 1. The Morgan fingerprint density at radius 3 is 2.50 bits per heavy atom. The zero-order chi connectivity index (χ0) is 17.7. The van der Waals surface area contributed by atoms with E-state index < -0.39 is 5.97 Å². The van der Waals surface area contributed by atoms with Gasteiger partial charge in [-0.1, -0.05) is 26.0 Å². The van der Waals surface area contributed by atoms with Crippen molar-refractivity contribution < 1.29 is 19.4 Å². The van der Waals surface area contributed by atoms with Crippen molar-refractivity contribution in [3.05, 3.63) is 35.4 Å². The summed E-state index contributed by atoms with van der Waals surface area (Å²) < 4.78 is 4.89. The average Bonchev–Trinajstić information content (AvgIpc) is 2.90. The highest BCUT2D eigenvalue weighted by Gasteiger charge is 2.35. The highest BCUT2D eigenvalue weighted by molar-refractivity contribution is 5.87. The van der Waals surface area contributed by atoms with Crippen LogP contribution in [0.25, 0.3) is 0 Å². The summed E-state index contributed by atoms with van der Waals surface area (Å²) in [6.07, 6.45) is 0. The molecule has 2 rings (SSSR count). The van der Waals surface area contributed by atoms with Gasteiger partial charge in [-0.25, -0.2) is 4.79 Å². The van der Waals surface area contributed by atoms with Gasteiger partial charge in [0.1, 0.15) is 6.61 Å². The minimum absolute atomic E-state index is 0.0813. The van der Waals surface area contributed by atoms with Crippen LogP contribution >= 0.6 is 0 Å². The SMILES string of the molecule is COCC(=O)N[C@H]1CN(Cc2ccc(C(=O)O)cc2)C[C@@H]1C(C)C. The molecule has 0 bridgehead atoms. The summed E-state index contributed by atoms with van der Waals surface area (Å²) in [4.78, 5) is 25.0. The van der Waals surface area contributed by atoms with E-state index in [0.717, 1.165) is 25.2 Å². The Bertz CT molecular complexity index is 571. The van der Waals surface area contributed by atoms with Gasteiger partial charge in [0.15, 0.2) is 0 Å². The fourth-order valence-corrected chi connectivity index (χ4v) is 3.26. The van der Waals surface area contributed by atoms with Gasteiger partial charge in [-0.15, -0.1) is 0 Å². The van der Waals surface area contributed by atoms with Crippen molar-refractivity contribution in [3.63, 3.8) is 0 Å². The second-order valence-electron chi connectivity index (χ2n) is 6.71. The summed E-state index contributed by atoms with van der Waals surface area (Å²) in [6, 6.07) is 7.08. The van der Waals surface area contributed by atoms with Crippen molar-refractivity contribution in [2.24, 2.45) is 11.8 Å². The second kappa shape index (κ2) is 8.26. The molecule has 1 heterocycles. The normalized spacial score (nSPS) is 21.2. The van der Waals surface area contributed by atoms with E-state index in [1.165, 1.54) is 7.11 Å². The van der Waals surface area contributed by atoms with E-state index in [-0.39, 0.29) is 18.6 Å². The molecule has 132 valence electrons. The van der Waals surface area contributed by atoms with Crippen molar-refractivity contribution in [3.8, 4) is 0 Å². The molecule has 1 fully saturated rings. The van der Waals surface area contributed by atoms with Crippen molar-refractivity contribution in [2.45, 2.75) is 26.4 Å². The third-order valence-electron chi connectivity index (χ3n) is 4.53. The van der Waals surface area contributed by atoms with E-state index in [1.807, 2.05) is 12.1 Å². The number of carboxylic acids is 1. The molecule has 0 radical (unpaired) electrons. The van der Waals surface area contributed by atoms with Crippen LogP contribution in [-0.2, 0) is 16.1 Å². The van der Waals surface area contributed by atoms with Crippen LogP contribution in [0.3, 0.4) is 0 Å². The van der Waals surface area contributed by atoms with E-state index in [2.05, 4.69) is 24.1 Å². The Hall–Kier alpha value is -1.92. The van der Waals surface area contributed by atoms with Crippen molar-refractivity contribution in [1.82, 2.24) is 10.2 Å². The Balaban J connectivity index is 1.98. The third-order valence-corrected chi connectivity index (χ3v) is 4.53. The lowest BCUT2D eigenvalue weighted by molar-refractivity contribution is -0.125. The molecule has 1 amide bonds. The van der Waals surface area contributed by atoms with Crippen LogP contribution in [0.4, 0.5) is 0 Å². The zero-order valence-electron chi connectivity index (χ0n) is 14.5. The Kier molecular flexibility index (Phi) is 6.34. The molecule has 2 N–H and O–H groups in total. The molecule has 24 heavy (non-hydrogen) atoms. The molecule has 1 aromatic rings. The van der Waals surface area contributed by atoms with E-state index >= 15 is 0 Å². The second-order valence-corrected chi connectivity index (χ2v) is 6.71. The molecule has 0 aromatic heterocycles. The molecule has 1 aliphatic heterocycles. The number of methoxy groups -OCH3 is 1. The van der Waals surface area contributed by atoms with E-state index in [0.29, 0.717) is 17.4 Å². The van der Waals surface area contributed by atoms with Gasteiger partial charge in [-0.3, -0.25) is 9.69 Å². The summed E-state index contributed by atoms with van der Waals surface area (Å²) in [5, 5.41) is 12.0. The smallest absolute Gasteiger partial charge is 0.335 e. The molecule has 1 aliphatic rings. The standard InChI is InChI=1S/C18H26N2O4/c1-12(2)15-9-20(10-16(15)19-17(21)11-24-3)8-13-4-6-14(7-5-13)18(22)23/h4-7,12,15-16H,8-11H2,1-3H3,(H,19,21)(H,22,23)/t15-,16+/m1/s1. The van der Waals surface area contributed by atoms with Crippen LogP contribution in [0.5, 0.6) is 0 Å². The van der Waals surface area contributed by atoms with Crippen molar-refractivity contribution >= 4 is 11.9 Å². The van der Waals surface area contributed by atoms with Gasteiger partial charge in [0.25, 0.3) is 0 Å². The van der Waals surface area contributed by atoms with Gasteiger partial charge in [-0.05, 0) is 29.5 Å². The van der Waals surface area contributed by atoms with Crippen LogP contribution in [0, 0.1) is 11.8 Å². The number of carboxylic acid groups (broad SMARTS) is 1. The Morgan fingerprint density at radius 1 is 1.29 bits per heavy atom. The summed E-state index contributed by atoms with van der Waals surface area (Å²) in [5.41, 5.74) is 1.37. The third kappa shape index (κ3) is 4.79.